The number of benzene rings is 1. The monoisotopic (exact) mass is 414 g/mol. The molecule has 2 aliphatic rings. The minimum atomic E-state index is -3.77. The SMILES string of the molecule is CCOC(=O)[C@@H]1CCCN(C(=O)c2ccc(Cl)c(S(=O)(=O)NC3CC3)c2)C1. The molecular weight excluding hydrogens is 392 g/mol. The number of carbonyl (C=O) groups is 2. The molecule has 27 heavy (non-hydrogen) atoms. The van der Waals surface area contributed by atoms with Crippen LogP contribution in [0.5, 0.6) is 0 Å². The van der Waals surface area contributed by atoms with Crippen molar-refractivity contribution in [2.75, 3.05) is 19.7 Å². The summed E-state index contributed by atoms with van der Waals surface area (Å²) < 4.78 is 32.6. The molecule has 3 rings (SSSR count). The average molecular weight is 415 g/mol. The molecule has 1 aromatic carbocycles. The van der Waals surface area contributed by atoms with Crippen LogP contribution < -0.4 is 4.72 Å². The molecule has 1 aliphatic carbocycles. The van der Waals surface area contributed by atoms with Gasteiger partial charge in [-0.25, -0.2) is 13.1 Å². The van der Waals surface area contributed by atoms with Crippen molar-refractivity contribution in [3.63, 3.8) is 0 Å². The Morgan fingerprint density at radius 2 is 2.04 bits per heavy atom. The van der Waals surface area contributed by atoms with Crippen LogP contribution in [0.25, 0.3) is 0 Å². The van der Waals surface area contributed by atoms with Crippen molar-refractivity contribution >= 4 is 33.5 Å². The fraction of sp³-hybridized carbons (Fsp3) is 0.556. The number of carbonyl (C=O) groups excluding carboxylic acids is 2. The van der Waals surface area contributed by atoms with Crippen molar-refractivity contribution in [2.45, 2.75) is 43.5 Å². The lowest BCUT2D eigenvalue weighted by Gasteiger charge is -2.31. The van der Waals surface area contributed by atoms with E-state index in [4.69, 9.17) is 16.3 Å². The number of sulfonamides is 1. The normalized spacial score (nSPS) is 20.4. The van der Waals surface area contributed by atoms with Crippen LogP contribution in [-0.4, -0.2) is 50.9 Å². The smallest absolute Gasteiger partial charge is 0.310 e. The molecular formula is C18H23ClN2O5S. The lowest BCUT2D eigenvalue weighted by atomic mass is 9.97. The van der Waals surface area contributed by atoms with E-state index in [0.717, 1.165) is 12.8 Å². The number of hydrogen-bond donors (Lipinski definition) is 1. The number of nitrogens with one attached hydrogen (secondary N) is 1. The van der Waals surface area contributed by atoms with Crippen molar-refractivity contribution in [1.82, 2.24) is 9.62 Å². The summed E-state index contributed by atoms with van der Waals surface area (Å²) in [7, 11) is -3.77. The number of rotatable bonds is 6. The minimum absolute atomic E-state index is 0.0575. The lowest BCUT2D eigenvalue weighted by Crippen LogP contribution is -2.42. The Kier molecular flexibility index (Phi) is 6.08. The summed E-state index contributed by atoms with van der Waals surface area (Å²) in [5.41, 5.74) is 0.236. The molecule has 1 heterocycles. The topological polar surface area (TPSA) is 92.8 Å². The van der Waals surface area contributed by atoms with E-state index >= 15 is 0 Å². The number of ether oxygens (including phenoxy) is 1. The molecule has 0 aromatic heterocycles. The fourth-order valence-corrected chi connectivity index (χ4v) is 4.95. The van der Waals surface area contributed by atoms with E-state index in [1.807, 2.05) is 0 Å². The Morgan fingerprint density at radius 1 is 1.30 bits per heavy atom. The van der Waals surface area contributed by atoms with E-state index in [-0.39, 0.29) is 45.9 Å². The van der Waals surface area contributed by atoms with E-state index in [0.29, 0.717) is 26.0 Å². The minimum Gasteiger partial charge on any atom is -0.466 e. The van der Waals surface area contributed by atoms with E-state index in [1.165, 1.54) is 18.2 Å². The molecule has 1 aliphatic heterocycles. The highest BCUT2D eigenvalue weighted by Crippen LogP contribution is 2.28. The number of hydrogen-bond acceptors (Lipinski definition) is 5. The number of nitrogens with zero attached hydrogens (tertiary/aromatic N) is 1. The van der Waals surface area contributed by atoms with Crippen LogP contribution in [0.2, 0.25) is 5.02 Å². The maximum Gasteiger partial charge on any atom is 0.310 e. The maximum absolute atomic E-state index is 12.9. The molecule has 1 amide bonds. The number of halogens is 1. The molecule has 1 saturated carbocycles. The molecule has 1 aromatic rings. The molecule has 1 saturated heterocycles. The van der Waals surface area contributed by atoms with Crippen LogP contribution in [0, 0.1) is 5.92 Å². The zero-order chi connectivity index (χ0) is 19.6. The summed E-state index contributed by atoms with van der Waals surface area (Å²) >= 11 is 6.07. The molecule has 2 fully saturated rings. The lowest BCUT2D eigenvalue weighted by molar-refractivity contribution is -0.149. The second-order valence-electron chi connectivity index (χ2n) is 6.88. The molecule has 148 valence electrons. The van der Waals surface area contributed by atoms with Gasteiger partial charge in [-0.3, -0.25) is 9.59 Å². The summed E-state index contributed by atoms with van der Waals surface area (Å²) in [5, 5.41) is 0.0720. The van der Waals surface area contributed by atoms with Gasteiger partial charge in [-0.2, -0.15) is 0 Å². The fourth-order valence-electron chi connectivity index (χ4n) is 3.12. The second kappa shape index (κ2) is 8.16. The van der Waals surface area contributed by atoms with Crippen LogP contribution in [0.15, 0.2) is 23.1 Å². The summed E-state index contributed by atoms with van der Waals surface area (Å²) in [6.07, 6.45) is 2.97. The summed E-state index contributed by atoms with van der Waals surface area (Å²) in [5.74, 6) is -0.971. The molecule has 1 N–H and O–H groups in total. The molecule has 1 atom stereocenters. The highest BCUT2D eigenvalue weighted by molar-refractivity contribution is 7.89. The van der Waals surface area contributed by atoms with Crippen molar-refractivity contribution in [2.24, 2.45) is 5.92 Å². The van der Waals surface area contributed by atoms with Gasteiger partial charge in [0, 0.05) is 24.7 Å². The van der Waals surface area contributed by atoms with Gasteiger partial charge in [0.05, 0.1) is 17.5 Å². The number of piperidine rings is 1. The van der Waals surface area contributed by atoms with Crippen molar-refractivity contribution in [3.05, 3.63) is 28.8 Å². The van der Waals surface area contributed by atoms with Crippen molar-refractivity contribution < 1.29 is 22.7 Å². The van der Waals surface area contributed by atoms with Crippen LogP contribution in [-0.2, 0) is 19.6 Å². The Morgan fingerprint density at radius 3 is 2.70 bits per heavy atom. The molecule has 0 spiro atoms. The Balaban J connectivity index is 1.78. The molecule has 7 nitrogen and oxygen atoms in total. The van der Waals surface area contributed by atoms with Crippen molar-refractivity contribution in [3.8, 4) is 0 Å². The first-order chi connectivity index (χ1) is 12.8. The van der Waals surface area contributed by atoms with Gasteiger partial charge in [0.25, 0.3) is 5.91 Å². The van der Waals surface area contributed by atoms with Crippen LogP contribution in [0.4, 0.5) is 0 Å². The van der Waals surface area contributed by atoms with E-state index in [2.05, 4.69) is 4.72 Å². The van der Waals surface area contributed by atoms with Gasteiger partial charge in [-0.05, 0) is 50.8 Å². The average Bonchev–Trinajstić information content (AvgIpc) is 3.45. The first-order valence-corrected chi connectivity index (χ1v) is 11.0. The molecule has 0 unspecified atom stereocenters. The predicted octanol–water partition coefficient (Wildman–Crippen LogP) is 2.20. The number of esters is 1. The quantitative estimate of drug-likeness (QED) is 0.720. The third-order valence-corrected chi connectivity index (χ3v) is 6.70. The molecule has 9 heteroatoms. The van der Waals surface area contributed by atoms with Gasteiger partial charge in [-0.1, -0.05) is 11.6 Å². The third-order valence-electron chi connectivity index (χ3n) is 4.70. The summed E-state index contributed by atoms with van der Waals surface area (Å²) in [6, 6.07) is 4.18. The third kappa shape index (κ3) is 4.80. The summed E-state index contributed by atoms with van der Waals surface area (Å²) in [6.45, 7) is 2.83. The van der Waals surface area contributed by atoms with Gasteiger partial charge in [0.15, 0.2) is 0 Å². The molecule has 0 radical (unpaired) electrons. The Hall–Kier alpha value is -1.64. The van der Waals surface area contributed by atoms with Gasteiger partial charge >= 0.3 is 5.97 Å². The van der Waals surface area contributed by atoms with Crippen LogP contribution >= 0.6 is 11.6 Å². The standard InChI is InChI=1S/C18H23ClN2O5S/c1-2-26-18(23)13-4-3-9-21(11-13)17(22)12-5-8-15(19)16(10-12)27(24,25)20-14-6-7-14/h5,8,10,13-14,20H,2-4,6-7,9,11H2,1H3/t13-/m1/s1. The van der Waals surface area contributed by atoms with Crippen LogP contribution in [0.3, 0.4) is 0 Å². The number of amides is 1. The Bertz CT molecular complexity index is 838. The highest BCUT2D eigenvalue weighted by Gasteiger charge is 2.32. The zero-order valence-corrected chi connectivity index (χ0v) is 16.7. The number of likely N-dealkylation sites (tertiary alicyclic amines) is 1. The van der Waals surface area contributed by atoms with Gasteiger partial charge < -0.3 is 9.64 Å². The maximum atomic E-state index is 12.9. The summed E-state index contributed by atoms with van der Waals surface area (Å²) in [4.78, 5) is 26.3. The predicted molar refractivity (Wildman–Crippen MR) is 100 cm³/mol. The van der Waals surface area contributed by atoms with E-state index in [1.54, 1.807) is 11.8 Å². The zero-order valence-electron chi connectivity index (χ0n) is 15.1. The van der Waals surface area contributed by atoms with Gasteiger partial charge in [-0.15, -0.1) is 0 Å². The highest BCUT2D eigenvalue weighted by atomic mass is 35.5. The first-order valence-electron chi connectivity index (χ1n) is 9.09. The largest absolute Gasteiger partial charge is 0.466 e. The van der Waals surface area contributed by atoms with Gasteiger partial charge in [0.2, 0.25) is 10.0 Å². The van der Waals surface area contributed by atoms with Gasteiger partial charge in [0.1, 0.15) is 4.90 Å². The van der Waals surface area contributed by atoms with Crippen molar-refractivity contribution in [1.29, 1.82) is 0 Å². The van der Waals surface area contributed by atoms with Crippen LogP contribution in [0.1, 0.15) is 43.0 Å². The van der Waals surface area contributed by atoms with E-state index in [9.17, 15) is 18.0 Å². The van der Waals surface area contributed by atoms with E-state index < -0.39 is 10.0 Å². The second-order valence-corrected chi connectivity index (χ2v) is 8.97. The Labute approximate surface area is 164 Å². The first kappa shape index (κ1) is 20.1. The molecule has 0 bridgehead atoms.